The molecule has 26 heavy (non-hydrogen) atoms. The smallest absolute Gasteiger partial charge is 0.229 e. The minimum atomic E-state index is -0.281. The van der Waals surface area contributed by atoms with Gasteiger partial charge >= 0.3 is 0 Å². The molecule has 1 aliphatic heterocycles. The van der Waals surface area contributed by atoms with E-state index in [0.717, 1.165) is 21.9 Å². The number of carbonyl (C=O) groups is 2. The first kappa shape index (κ1) is 18.4. The van der Waals surface area contributed by atoms with Crippen molar-refractivity contribution in [2.75, 3.05) is 25.5 Å². The molecule has 0 radical (unpaired) electrons. The number of amides is 2. The van der Waals surface area contributed by atoms with Gasteiger partial charge < -0.3 is 15.0 Å². The van der Waals surface area contributed by atoms with E-state index in [2.05, 4.69) is 10.3 Å². The van der Waals surface area contributed by atoms with E-state index in [9.17, 15) is 9.59 Å². The number of hydrogen-bond donors (Lipinski definition) is 1. The Hall–Kier alpha value is -2.41. The number of rotatable bonds is 5. The summed E-state index contributed by atoms with van der Waals surface area (Å²) in [6.45, 7) is 5.18. The minimum absolute atomic E-state index is 0.0156. The molecule has 1 fully saturated rings. The van der Waals surface area contributed by atoms with Gasteiger partial charge in [0.1, 0.15) is 5.75 Å². The van der Waals surface area contributed by atoms with E-state index < -0.39 is 0 Å². The van der Waals surface area contributed by atoms with Crippen LogP contribution in [0.4, 0.5) is 5.13 Å². The number of thiazole rings is 1. The average Bonchev–Trinajstić information content (AvgIpc) is 2.98. The third kappa shape index (κ3) is 4.04. The zero-order valence-electron chi connectivity index (χ0n) is 15.2. The Balaban J connectivity index is 1.70. The number of nitrogens with one attached hydrogen (secondary N) is 1. The number of nitrogens with zero attached hydrogens (tertiary/aromatic N) is 2. The number of carbonyl (C=O) groups excluding carboxylic acids is 2. The van der Waals surface area contributed by atoms with E-state index in [1.54, 1.807) is 11.9 Å². The Bertz CT molecular complexity index is 801. The Morgan fingerprint density at radius 2 is 2.12 bits per heavy atom. The molecule has 1 aromatic carbocycles. The molecular formula is C19H23N3O3S. The molecule has 1 aromatic heterocycles. The van der Waals surface area contributed by atoms with Gasteiger partial charge in [0.05, 0.1) is 12.3 Å². The number of benzene rings is 1. The summed E-state index contributed by atoms with van der Waals surface area (Å²) in [5.74, 6) is 0.432. The van der Waals surface area contributed by atoms with E-state index in [-0.39, 0.29) is 24.2 Å². The maximum Gasteiger partial charge on any atom is 0.229 e. The first-order chi connectivity index (χ1) is 12.5. The SMILES string of the molecule is CCOc1ccc(-c2nc(NC(=O)[C@H]3CCN(C)C(=O)C3)sc2C)cc1. The topological polar surface area (TPSA) is 71.5 Å². The zero-order chi connectivity index (χ0) is 18.7. The summed E-state index contributed by atoms with van der Waals surface area (Å²) in [6.07, 6.45) is 0.947. The molecule has 0 unspecified atom stereocenters. The van der Waals surface area contributed by atoms with Gasteiger partial charge in [0.25, 0.3) is 0 Å². The van der Waals surface area contributed by atoms with Crippen LogP contribution in [-0.4, -0.2) is 41.9 Å². The van der Waals surface area contributed by atoms with E-state index in [1.165, 1.54) is 11.3 Å². The monoisotopic (exact) mass is 373 g/mol. The van der Waals surface area contributed by atoms with Crippen LogP contribution in [0.5, 0.6) is 5.75 Å². The second kappa shape index (κ2) is 7.86. The number of aromatic nitrogens is 1. The Morgan fingerprint density at radius 1 is 1.38 bits per heavy atom. The molecule has 2 heterocycles. The molecule has 1 aliphatic rings. The van der Waals surface area contributed by atoms with Gasteiger partial charge in [-0.3, -0.25) is 9.59 Å². The van der Waals surface area contributed by atoms with Crippen LogP contribution < -0.4 is 10.1 Å². The van der Waals surface area contributed by atoms with Crippen LogP contribution >= 0.6 is 11.3 Å². The quantitative estimate of drug-likeness (QED) is 0.873. The molecule has 1 N–H and O–H groups in total. The molecule has 1 atom stereocenters. The summed E-state index contributed by atoms with van der Waals surface area (Å²) in [5.41, 5.74) is 1.84. The Labute approximate surface area is 157 Å². The van der Waals surface area contributed by atoms with Gasteiger partial charge in [-0.2, -0.15) is 0 Å². The molecule has 138 valence electrons. The van der Waals surface area contributed by atoms with Crippen molar-refractivity contribution in [3.8, 4) is 17.0 Å². The Morgan fingerprint density at radius 3 is 2.77 bits per heavy atom. The fourth-order valence-corrected chi connectivity index (χ4v) is 3.81. The number of anilines is 1. The molecule has 0 saturated carbocycles. The number of hydrogen-bond acceptors (Lipinski definition) is 5. The first-order valence-corrected chi connectivity index (χ1v) is 9.55. The zero-order valence-corrected chi connectivity index (χ0v) is 16.1. The van der Waals surface area contributed by atoms with Crippen LogP contribution in [-0.2, 0) is 9.59 Å². The van der Waals surface area contributed by atoms with E-state index in [0.29, 0.717) is 24.7 Å². The highest BCUT2D eigenvalue weighted by molar-refractivity contribution is 7.16. The molecule has 7 heteroatoms. The fraction of sp³-hybridized carbons (Fsp3) is 0.421. The molecule has 0 aliphatic carbocycles. The molecule has 2 amide bonds. The van der Waals surface area contributed by atoms with Crippen molar-refractivity contribution < 1.29 is 14.3 Å². The highest BCUT2D eigenvalue weighted by atomic mass is 32.1. The maximum absolute atomic E-state index is 12.5. The van der Waals surface area contributed by atoms with Crippen LogP contribution in [0.2, 0.25) is 0 Å². The van der Waals surface area contributed by atoms with Crippen molar-refractivity contribution in [2.45, 2.75) is 26.7 Å². The normalized spacial score (nSPS) is 17.3. The molecule has 0 spiro atoms. The highest BCUT2D eigenvalue weighted by Gasteiger charge is 2.29. The molecule has 2 aromatic rings. The largest absolute Gasteiger partial charge is 0.494 e. The van der Waals surface area contributed by atoms with E-state index in [1.807, 2.05) is 38.1 Å². The van der Waals surface area contributed by atoms with Gasteiger partial charge in [0.2, 0.25) is 11.8 Å². The summed E-state index contributed by atoms with van der Waals surface area (Å²) < 4.78 is 5.46. The fourth-order valence-electron chi connectivity index (χ4n) is 2.97. The minimum Gasteiger partial charge on any atom is -0.494 e. The first-order valence-electron chi connectivity index (χ1n) is 8.73. The molecule has 3 rings (SSSR count). The Kier molecular flexibility index (Phi) is 5.56. The third-order valence-corrected chi connectivity index (χ3v) is 5.38. The van der Waals surface area contributed by atoms with Crippen LogP contribution in [0.15, 0.2) is 24.3 Å². The second-order valence-electron chi connectivity index (χ2n) is 6.38. The predicted octanol–water partition coefficient (Wildman–Crippen LogP) is 3.32. The third-order valence-electron chi connectivity index (χ3n) is 4.50. The van der Waals surface area contributed by atoms with Crippen LogP contribution in [0.3, 0.4) is 0 Å². The number of piperidine rings is 1. The number of ether oxygens (including phenoxy) is 1. The lowest BCUT2D eigenvalue weighted by molar-refractivity contribution is -0.137. The van der Waals surface area contributed by atoms with Gasteiger partial charge in [-0.25, -0.2) is 4.98 Å². The summed E-state index contributed by atoms with van der Waals surface area (Å²) in [7, 11) is 1.77. The highest BCUT2D eigenvalue weighted by Crippen LogP contribution is 2.32. The number of likely N-dealkylation sites (tertiary alicyclic amines) is 1. The molecule has 1 saturated heterocycles. The summed E-state index contributed by atoms with van der Waals surface area (Å²) in [6, 6.07) is 7.77. The van der Waals surface area contributed by atoms with Gasteiger partial charge in [0.15, 0.2) is 5.13 Å². The molecular weight excluding hydrogens is 350 g/mol. The van der Waals surface area contributed by atoms with E-state index in [4.69, 9.17) is 4.74 Å². The summed E-state index contributed by atoms with van der Waals surface area (Å²) in [5, 5.41) is 3.45. The molecule has 6 nitrogen and oxygen atoms in total. The van der Waals surface area contributed by atoms with E-state index >= 15 is 0 Å². The van der Waals surface area contributed by atoms with Crippen molar-refractivity contribution in [1.29, 1.82) is 0 Å². The second-order valence-corrected chi connectivity index (χ2v) is 7.58. The lowest BCUT2D eigenvalue weighted by Crippen LogP contribution is -2.39. The van der Waals surface area contributed by atoms with Crippen LogP contribution in [0.25, 0.3) is 11.3 Å². The maximum atomic E-state index is 12.5. The summed E-state index contributed by atoms with van der Waals surface area (Å²) >= 11 is 1.45. The number of aryl methyl sites for hydroxylation is 1. The lowest BCUT2D eigenvalue weighted by atomic mass is 9.96. The van der Waals surface area contributed by atoms with Gasteiger partial charge in [0, 0.05) is 36.4 Å². The summed E-state index contributed by atoms with van der Waals surface area (Å²) in [4.78, 5) is 31.5. The van der Waals surface area contributed by atoms with Crippen molar-refractivity contribution in [3.05, 3.63) is 29.1 Å². The molecule has 0 bridgehead atoms. The van der Waals surface area contributed by atoms with Gasteiger partial charge in [-0.1, -0.05) is 0 Å². The average molecular weight is 373 g/mol. The predicted molar refractivity (Wildman–Crippen MR) is 102 cm³/mol. The van der Waals surface area contributed by atoms with Gasteiger partial charge in [-0.15, -0.1) is 11.3 Å². The van der Waals surface area contributed by atoms with Crippen molar-refractivity contribution >= 4 is 28.3 Å². The standard InChI is InChI=1S/C19H23N3O3S/c1-4-25-15-7-5-13(6-8-15)17-12(2)26-19(20-17)21-18(24)14-9-10-22(3)16(23)11-14/h5-8,14H,4,9-11H2,1-3H3,(H,20,21,24)/t14-/m0/s1. The van der Waals surface area contributed by atoms with Gasteiger partial charge in [-0.05, 0) is 44.5 Å². The lowest BCUT2D eigenvalue weighted by Gasteiger charge is -2.27. The van der Waals surface area contributed by atoms with Crippen LogP contribution in [0, 0.1) is 12.8 Å². The van der Waals surface area contributed by atoms with Crippen LogP contribution in [0.1, 0.15) is 24.6 Å². The van der Waals surface area contributed by atoms with Crippen molar-refractivity contribution in [3.63, 3.8) is 0 Å². The van der Waals surface area contributed by atoms with Crippen molar-refractivity contribution in [1.82, 2.24) is 9.88 Å². The van der Waals surface area contributed by atoms with Crippen molar-refractivity contribution in [2.24, 2.45) is 5.92 Å².